The summed E-state index contributed by atoms with van der Waals surface area (Å²) in [6.07, 6.45) is 0. The highest BCUT2D eigenvalue weighted by atomic mass is 32.2. The molecule has 148 valence electrons. The van der Waals surface area contributed by atoms with Crippen LogP contribution in [0.3, 0.4) is 0 Å². The number of amides is 1. The van der Waals surface area contributed by atoms with Gasteiger partial charge >= 0.3 is 0 Å². The van der Waals surface area contributed by atoms with Crippen LogP contribution in [-0.2, 0) is 10.5 Å². The Morgan fingerprint density at radius 2 is 1.97 bits per heavy atom. The zero-order chi connectivity index (χ0) is 20.5. The van der Waals surface area contributed by atoms with E-state index in [-0.39, 0.29) is 16.7 Å². The molecule has 0 saturated carbocycles. The smallest absolute Gasteiger partial charge is 0.259 e. The van der Waals surface area contributed by atoms with Gasteiger partial charge in [0.05, 0.1) is 16.4 Å². The Kier molecular flexibility index (Phi) is 5.43. The Morgan fingerprint density at radius 3 is 2.76 bits per heavy atom. The molecule has 1 amide bonds. The molecule has 0 fully saturated rings. The lowest BCUT2D eigenvalue weighted by atomic mass is 10.1. The Labute approximate surface area is 176 Å². The second kappa shape index (κ2) is 8.00. The van der Waals surface area contributed by atoms with E-state index < -0.39 is 0 Å². The molecule has 0 radical (unpaired) electrons. The van der Waals surface area contributed by atoms with E-state index in [1.54, 1.807) is 0 Å². The van der Waals surface area contributed by atoms with Crippen LogP contribution in [0.25, 0.3) is 21.0 Å². The van der Waals surface area contributed by atoms with Crippen LogP contribution in [0.15, 0.2) is 47.3 Å². The highest BCUT2D eigenvalue weighted by molar-refractivity contribution is 7.99. The number of nitrogens with one attached hydrogen (secondary N) is 2. The number of nitrogens with zero attached hydrogens (tertiary/aromatic N) is 1. The maximum absolute atomic E-state index is 12.6. The molecule has 1 atom stereocenters. The summed E-state index contributed by atoms with van der Waals surface area (Å²) in [5.41, 5.74) is 1.65. The van der Waals surface area contributed by atoms with Crippen LogP contribution in [0.5, 0.6) is 0 Å². The van der Waals surface area contributed by atoms with Gasteiger partial charge in [-0.05, 0) is 49.2 Å². The van der Waals surface area contributed by atoms with E-state index in [1.165, 1.54) is 23.1 Å². The van der Waals surface area contributed by atoms with Crippen molar-refractivity contribution in [3.8, 4) is 0 Å². The molecular weight excluding hydrogens is 402 g/mol. The maximum atomic E-state index is 12.6. The summed E-state index contributed by atoms with van der Waals surface area (Å²) < 4.78 is 0. The Morgan fingerprint density at radius 1 is 1.21 bits per heavy atom. The van der Waals surface area contributed by atoms with Crippen LogP contribution in [0, 0.1) is 13.8 Å². The van der Waals surface area contributed by atoms with Crippen molar-refractivity contribution in [3.05, 3.63) is 69.1 Å². The topological polar surface area (TPSA) is 74.8 Å². The number of aromatic nitrogens is 2. The third-order valence-electron chi connectivity index (χ3n) is 4.94. The maximum Gasteiger partial charge on any atom is 0.259 e. The van der Waals surface area contributed by atoms with E-state index in [2.05, 4.69) is 15.3 Å². The zero-order valence-corrected chi connectivity index (χ0v) is 18.0. The van der Waals surface area contributed by atoms with Crippen LogP contribution in [0.1, 0.15) is 23.2 Å². The molecule has 0 aliphatic heterocycles. The zero-order valence-electron chi connectivity index (χ0n) is 16.4. The first-order valence-corrected chi connectivity index (χ1v) is 11.2. The molecule has 0 bridgehead atoms. The van der Waals surface area contributed by atoms with Gasteiger partial charge in [-0.25, -0.2) is 4.98 Å². The van der Waals surface area contributed by atoms with Gasteiger partial charge in [-0.1, -0.05) is 30.3 Å². The second-order valence-electron chi connectivity index (χ2n) is 6.98. The van der Waals surface area contributed by atoms with Crippen molar-refractivity contribution in [1.82, 2.24) is 9.97 Å². The number of hydrogen-bond donors (Lipinski definition) is 2. The Balaban J connectivity index is 1.43. The van der Waals surface area contributed by atoms with Crippen LogP contribution in [-0.4, -0.2) is 21.1 Å². The molecule has 4 aromatic rings. The van der Waals surface area contributed by atoms with Crippen molar-refractivity contribution in [2.45, 2.75) is 31.8 Å². The number of aryl methyl sites for hydroxylation is 2. The van der Waals surface area contributed by atoms with Gasteiger partial charge in [0.1, 0.15) is 10.7 Å². The molecule has 2 aromatic heterocycles. The fourth-order valence-corrected chi connectivity index (χ4v) is 4.96. The summed E-state index contributed by atoms with van der Waals surface area (Å²) in [6.45, 7) is 5.80. The second-order valence-corrected chi connectivity index (χ2v) is 9.51. The standard InChI is InChI=1S/C22H21N3O2S2/c1-12-13(2)29-22-19(12)21(27)24-18(25-22)11-28-14(3)20(26)23-17-9-8-15-6-4-5-7-16(15)10-17/h4-10,14H,11H2,1-3H3,(H,23,26)(H,24,25,27). The lowest BCUT2D eigenvalue weighted by Gasteiger charge is -2.12. The quantitative estimate of drug-likeness (QED) is 0.473. The number of hydrogen-bond acceptors (Lipinski definition) is 5. The lowest BCUT2D eigenvalue weighted by Crippen LogP contribution is -2.23. The highest BCUT2D eigenvalue weighted by Crippen LogP contribution is 2.27. The number of benzene rings is 2. The molecule has 2 heterocycles. The molecule has 5 nitrogen and oxygen atoms in total. The normalized spacial score (nSPS) is 12.4. The molecule has 0 spiro atoms. The van der Waals surface area contributed by atoms with E-state index in [4.69, 9.17) is 0 Å². The van der Waals surface area contributed by atoms with Crippen molar-refractivity contribution < 1.29 is 4.79 Å². The number of fused-ring (bicyclic) bond motifs is 2. The lowest BCUT2D eigenvalue weighted by molar-refractivity contribution is -0.115. The van der Waals surface area contributed by atoms with Crippen LogP contribution in [0.4, 0.5) is 5.69 Å². The largest absolute Gasteiger partial charge is 0.325 e. The van der Waals surface area contributed by atoms with Gasteiger partial charge in [-0.2, -0.15) is 0 Å². The van der Waals surface area contributed by atoms with Gasteiger partial charge < -0.3 is 10.3 Å². The fourth-order valence-electron chi connectivity index (χ4n) is 3.16. The van der Waals surface area contributed by atoms with Crippen molar-refractivity contribution in [2.24, 2.45) is 0 Å². The first-order valence-electron chi connectivity index (χ1n) is 9.32. The van der Waals surface area contributed by atoms with Crippen molar-refractivity contribution in [1.29, 1.82) is 0 Å². The number of thioether (sulfide) groups is 1. The van der Waals surface area contributed by atoms with Gasteiger partial charge in [0.25, 0.3) is 5.56 Å². The Bertz CT molecular complexity index is 1280. The third-order valence-corrected chi connectivity index (χ3v) is 7.20. The van der Waals surface area contributed by atoms with Crippen LogP contribution < -0.4 is 10.9 Å². The minimum Gasteiger partial charge on any atom is -0.325 e. The predicted molar refractivity (Wildman–Crippen MR) is 123 cm³/mol. The molecule has 1 unspecified atom stereocenters. The number of aromatic amines is 1. The minimum absolute atomic E-state index is 0.0727. The number of H-pyrrole nitrogens is 1. The predicted octanol–water partition coefficient (Wildman–Crippen LogP) is 5.02. The Hall–Kier alpha value is -2.64. The average molecular weight is 424 g/mol. The number of carbonyl (C=O) groups is 1. The van der Waals surface area contributed by atoms with Crippen molar-refractivity contribution in [3.63, 3.8) is 0 Å². The average Bonchev–Trinajstić information content (AvgIpc) is 3.00. The van der Waals surface area contributed by atoms with Crippen molar-refractivity contribution in [2.75, 3.05) is 5.32 Å². The van der Waals surface area contributed by atoms with Gasteiger partial charge in [-0.3, -0.25) is 9.59 Å². The molecule has 2 N–H and O–H groups in total. The van der Waals surface area contributed by atoms with Crippen LogP contribution in [0.2, 0.25) is 0 Å². The number of anilines is 1. The summed E-state index contributed by atoms with van der Waals surface area (Å²) in [5, 5.41) is 5.58. The first kappa shape index (κ1) is 19.7. The fraction of sp³-hybridized carbons (Fsp3) is 0.227. The molecule has 4 rings (SSSR count). The van der Waals surface area contributed by atoms with Gasteiger partial charge in [-0.15, -0.1) is 23.1 Å². The summed E-state index contributed by atoms with van der Waals surface area (Å²) in [5.74, 6) is 0.989. The molecular formula is C22H21N3O2S2. The third kappa shape index (κ3) is 4.06. The molecule has 0 aliphatic rings. The summed E-state index contributed by atoms with van der Waals surface area (Å²) in [4.78, 5) is 34.3. The number of carbonyl (C=O) groups excluding carboxylic acids is 1. The molecule has 7 heteroatoms. The van der Waals surface area contributed by atoms with E-state index in [0.29, 0.717) is 17.0 Å². The van der Waals surface area contributed by atoms with E-state index in [1.807, 2.05) is 63.2 Å². The molecule has 29 heavy (non-hydrogen) atoms. The number of rotatable bonds is 5. The minimum atomic E-state index is -0.283. The van der Waals surface area contributed by atoms with Gasteiger partial charge in [0.15, 0.2) is 0 Å². The van der Waals surface area contributed by atoms with E-state index in [0.717, 1.165) is 31.7 Å². The SMILES string of the molecule is Cc1sc2nc(CSC(C)C(=O)Nc3ccc4ccccc4c3)[nH]c(=O)c2c1C. The summed E-state index contributed by atoms with van der Waals surface area (Å²) in [7, 11) is 0. The first-order chi connectivity index (χ1) is 13.9. The highest BCUT2D eigenvalue weighted by Gasteiger charge is 2.16. The van der Waals surface area contributed by atoms with Gasteiger partial charge in [0, 0.05) is 10.6 Å². The van der Waals surface area contributed by atoms with Crippen LogP contribution >= 0.6 is 23.1 Å². The van der Waals surface area contributed by atoms with E-state index >= 15 is 0 Å². The van der Waals surface area contributed by atoms with Gasteiger partial charge in [0.2, 0.25) is 5.91 Å². The monoisotopic (exact) mass is 423 g/mol. The summed E-state index contributed by atoms with van der Waals surface area (Å²) >= 11 is 2.98. The van der Waals surface area contributed by atoms with Crippen molar-refractivity contribution >= 4 is 55.7 Å². The summed E-state index contributed by atoms with van der Waals surface area (Å²) in [6, 6.07) is 13.9. The number of thiophene rings is 1. The molecule has 0 aliphatic carbocycles. The molecule has 2 aromatic carbocycles. The molecule has 0 saturated heterocycles. The van der Waals surface area contributed by atoms with E-state index in [9.17, 15) is 9.59 Å².